The minimum atomic E-state index is 0.852. The molecule has 2 aromatic heterocycles. The van der Waals surface area contributed by atoms with Crippen LogP contribution in [0.4, 0.5) is 0 Å². The molecule has 0 aliphatic heterocycles. The van der Waals surface area contributed by atoms with Crippen LogP contribution in [0.1, 0.15) is 5.56 Å². The molecule has 0 radical (unpaired) electrons. The second kappa shape index (κ2) is 2.77. The van der Waals surface area contributed by atoms with E-state index in [-0.39, 0.29) is 0 Å². The highest BCUT2D eigenvalue weighted by Gasteiger charge is 1.96. The summed E-state index contributed by atoms with van der Waals surface area (Å²) in [5, 5.41) is 4.14. The summed E-state index contributed by atoms with van der Waals surface area (Å²) >= 11 is 0. The summed E-state index contributed by atoms with van der Waals surface area (Å²) in [6.45, 7) is 2.01. The molecule has 0 saturated carbocycles. The van der Waals surface area contributed by atoms with Crippen molar-refractivity contribution in [2.24, 2.45) is 0 Å². The van der Waals surface area contributed by atoms with Crippen LogP contribution in [-0.2, 0) is 0 Å². The molecule has 60 valence electrons. The highest BCUT2D eigenvalue weighted by atomic mass is 15.3. The summed E-state index contributed by atoms with van der Waals surface area (Å²) in [6.07, 6.45) is 5.52. The van der Waals surface area contributed by atoms with Crippen molar-refractivity contribution in [3.63, 3.8) is 0 Å². The maximum atomic E-state index is 4.16. The molecule has 0 aromatic carbocycles. The maximum absolute atomic E-state index is 4.16. The molecule has 0 aliphatic rings. The third-order valence-electron chi connectivity index (χ3n) is 1.60. The minimum absolute atomic E-state index is 0.852. The summed E-state index contributed by atoms with van der Waals surface area (Å²) < 4.78 is 1.76. The first-order valence-electron chi connectivity index (χ1n) is 3.79. The summed E-state index contributed by atoms with van der Waals surface area (Å²) in [7, 11) is 0. The molecule has 0 fully saturated rings. The van der Waals surface area contributed by atoms with Gasteiger partial charge in [-0.3, -0.25) is 0 Å². The van der Waals surface area contributed by atoms with E-state index in [0.29, 0.717) is 0 Å². The molecule has 0 aliphatic carbocycles. The lowest BCUT2D eigenvalue weighted by atomic mass is 10.4. The van der Waals surface area contributed by atoms with Crippen molar-refractivity contribution in [2.45, 2.75) is 6.92 Å². The summed E-state index contributed by atoms with van der Waals surface area (Å²) in [5.74, 6) is 0.852. The lowest BCUT2D eigenvalue weighted by molar-refractivity contribution is 0.846. The van der Waals surface area contributed by atoms with Crippen molar-refractivity contribution in [1.29, 1.82) is 0 Å². The van der Waals surface area contributed by atoms with Crippen molar-refractivity contribution in [1.82, 2.24) is 14.8 Å². The quantitative estimate of drug-likeness (QED) is 0.632. The molecule has 2 heterocycles. The molecule has 12 heavy (non-hydrogen) atoms. The van der Waals surface area contributed by atoms with Crippen molar-refractivity contribution in [2.75, 3.05) is 0 Å². The Morgan fingerprint density at radius 2 is 2.25 bits per heavy atom. The van der Waals surface area contributed by atoms with Crippen molar-refractivity contribution in [3.05, 3.63) is 42.4 Å². The zero-order valence-corrected chi connectivity index (χ0v) is 6.81. The van der Waals surface area contributed by atoms with Gasteiger partial charge in [-0.25, -0.2) is 9.67 Å². The second-order valence-corrected chi connectivity index (χ2v) is 2.65. The average molecular weight is 159 g/mol. The largest absolute Gasteiger partial charge is 0.237 e. The van der Waals surface area contributed by atoms with Crippen LogP contribution in [0.15, 0.2) is 36.8 Å². The lowest BCUT2D eigenvalue weighted by Crippen LogP contribution is -1.95. The molecule has 3 heteroatoms. The Kier molecular flexibility index (Phi) is 1.63. The smallest absolute Gasteiger partial charge is 0.153 e. The Morgan fingerprint density at radius 1 is 1.33 bits per heavy atom. The van der Waals surface area contributed by atoms with Crippen LogP contribution in [0, 0.1) is 6.92 Å². The number of hydrogen-bond acceptors (Lipinski definition) is 2. The van der Waals surface area contributed by atoms with Crippen LogP contribution in [-0.4, -0.2) is 14.8 Å². The molecule has 0 N–H and O–H groups in total. The van der Waals surface area contributed by atoms with Gasteiger partial charge in [-0.15, -0.1) is 0 Å². The first kappa shape index (κ1) is 7.03. The van der Waals surface area contributed by atoms with Gasteiger partial charge in [0.05, 0.1) is 6.20 Å². The predicted molar refractivity (Wildman–Crippen MR) is 46.1 cm³/mol. The topological polar surface area (TPSA) is 30.7 Å². The molecule has 3 nitrogen and oxygen atoms in total. The zero-order chi connectivity index (χ0) is 8.39. The third-order valence-corrected chi connectivity index (χ3v) is 1.60. The minimum Gasteiger partial charge on any atom is -0.237 e. The summed E-state index contributed by atoms with van der Waals surface area (Å²) in [5.41, 5.74) is 1.14. The molecule has 2 aromatic rings. The Labute approximate surface area is 70.7 Å². The van der Waals surface area contributed by atoms with Gasteiger partial charge in [-0.1, -0.05) is 6.07 Å². The van der Waals surface area contributed by atoms with Gasteiger partial charge in [0.1, 0.15) is 0 Å². The van der Waals surface area contributed by atoms with E-state index in [4.69, 9.17) is 0 Å². The van der Waals surface area contributed by atoms with Crippen LogP contribution >= 0.6 is 0 Å². The van der Waals surface area contributed by atoms with Crippen molar-refractivity contribution >= 4 is 0 Å². The molecule has 0 bridgehead atoms. The maximum Gasteiger partial charge on any atom is 0.153 e. The van der Waals surface area contributed by atoms with E-state index in [1.54, 1.807) is 10.9 Å². The SMILES string of the molecule is Cc1cnn(-c2ccccn2)c1. The Bertz CT molecular complexity index is 364. The monoisotopic (exact) mass is 159 g/mol. The van der Waals surface area contributed by atoms with Crippen LogP contribution in [0.2, 0.25) is 0 Å². The highest BCUT2D eigenvalue weighted by Crippen LogP contribution is 2.02. The number of pyridine rings is 1. The average Bonchev–Trinajstić information content (AvgIpc) is 2.54. The number of nitrogens with zero attached hydrogens (tertiary/aromatic N) is 3. The van der Waals surface area contributed by atoms with Crippen LogP contribution in [0.3, 0.4) is 0 Å². The molecular formula is C9H9N3. The van der Waals surface area contributed by atoms with Gasteiger partial charge < -0.3 is 0 Å². The van der Waals surface area contributed by atoms with E-state index in [9.17, 15) is 0 Å². The fourth-order valence-electron chi connectivity index (χ4n) is 1.03. The van der Waals surface area contributed by atoms with E-state index in [2.05, 4.69) is 10.1 Å². The summed E-state index contributed by atoms with van der Waals surface area (Å²) in [6, 6.07) is 5.76. The lowest BCUT2D eigenvalue weighted by Gasteiger charge is -1.96. The summed E-state index contributed by atoms with van der Waals surface area (Å²) in [4.78, 5) is 4.16. The molecule has 0 atom stereocenters. The number of hydrogen-bond donors (Lipinski definition) is 0. The molecule has 0 unspecified atom stereocenters. The van der Waals surface area contributed by atoms with Gasteiger partial charge in [-0.05, 0) is 24.6 Å². The van der Waals surface area contributed by atoms with Gasteiger partial charge >= 0.3 is 0 Å². The first-order valence-corrected chi connectivity index (χ1v) is 3.79. The standard InChI is InChI=1S/C9H9N3/c1-8-6-11-12(7-8)9-4-2-3-5-10-9/h2-7H,1H3. The van der Waals surface area contributed by atoms with E-state index < -0.39 is 0 Å². The van der Waals surface area contributed by atoms with E-state index in [1.165, 1.54) is 0 Å². The van der Waals surface area contributed by atoms with Gasteiger partial charge in [0.2, 0.25) is 0 Å². The predicted octanol–water partition coefficient (Wildman–Crippen LogP) is 1.58. The molecule has 0 amide bonds. The van der Waals surface area contributed by atoms with Gasteiger partial charge in [0.15, 0.2) is 5.82 Å². The fourth-order valence-corrected chi connectivity index (χ4v) is 1.03. The first-order chi connectivity index (χ1) is 5.86. The Balaban J connectivity index is 2.45. The number of aromatic nitrogens is 3. The Morgan fingerprint density at radius 3 is 2.83 bits per heavy atom. The van der Waals surface area contributed by atoms with Gasteiger partial charge in [-0.2, -0.15) is 5.10 Å². The third kappa shape index (κ3) is 1.21. The van der Waals surface area contributed by atoms with Crippen LogP contribution in [0.25, 0.3) is 5.82 Å². The van der Waals surface area contributed by atoms with E-state index in [0.717, 1.165) is 11.4 Å². The molecule has 0 saturated heterocycles. The number of rotatable bonds is 1. The highest BCUT2D eigenvalue weighted by molar-refractivity contribution is 5.21. The van der Waals surface area contributed by atoms with Crippen molar-refractivity contribution < 1.29 is 0 Å². The second-order valence-electron chi connectivity index (χ2n) is 2.65. The van der Waals surface area contributed by atoms with E-state index in [1.807, 2.05) is 37.5 Å². The fraction of sp³-hybridized carbons (Fsp3) is 0.111. The normalized spacial score (nSPS) is 10.1. The zero-order valence-electron chi connectivity index (χ0n) is 6.81. The van der Waals surface area contributed by atoms with Crippen molar-refractivity contribution in [3.8, 4) is 5.82 Å². The van der Waals surface area contributed by atoms with Crippen LogP contribution < -0.4 is 0 Å². The molecule has 0 spiro atoms. The number of aryl methyl sites for hydroxylation is 1. The van der Waals surface area contributed by atoms with E-state index >= 15 is 0 Å². The Hall–Kier alpha value is -1.64. The molecular weight excluding hydrogens is 150 g/mol. The van der Waals surface area contributed by atoms with Crippen LogP contribution in [0.5, 0.6) is 0 Å². The van der Waals surface area contributed by atoms with Gasteiger partial charge in [0.25, 0.3) is 0 Å². The molecule has 2 rings (SSSR count). The van der Waals surface area contributed by atoms with Gasteiger partial charge in [0, 0.05) is 12.4 Å².